The number of nitriles is 2. The quantitative estimate of drug-likeness (QED) is 0.421. The maximum Gasteiger partial charge on any atom is 0.0940 e. The monoisotopic (exact) mass is 120 g/mol. The molecule has 9 heavy (non-hydrogen) atoms. The molecule has 0 aliphatic rings. The number of hydrogen-bond acceptors (Lipinski definition) is 2. The fourth-order valence-corrected chi connectivity index (χ4v) is 0.437. The van der Waals surface area contributed by atoms with Crippen LogP contribution in [0.3, 0.4) is 0 Å². The number of hydrogen-bond donors (Lipinski definition) is 0. The number of rotatable bonds is 3. The summed E-state index contributed by atoms with van der Waals surface area (Å²) in [5.74, 6) is 0. The molecule has 0 rings (SSSR count). The number of nitrogens with zero attached hydrogens (tertiary/aromatic N) is 2. The Balaban J connectivity index is 3.23. The molecule has 0 spiro atoms. The molecule has 0 bridgehead atoms. The van der Waals surface area contributed by atoms with E-state index in [0.29, 0.717) is 18.4 Å². The fraction of sp³-hybridized carbons (Fsp3) is 0.429. The van der Waals surface area contributed by atoms with Crippen molar-refractivity contribution in [3.8, 4) is 12.1 Å². The summed E-state index contributed by atoms with van der Waals surface area (Å²) >= 11 is 0. The lowest BCUT2D eigenvalue weighted by Gasteiger charge is -1.88. The minimum Gasteiger partial charge on any atom is -0.198 e. The summed E-state index contributed by atoms with van der Waals surface area (Å²) in [6.07, 6.45) is 1.92. The minimum atomic E-state index is 0.515. The molecule has 46 valence electrons. The van der Waals surface area contributed by atoms with Crippen LogP contribution in [0, 0.1) is 22.7 Å². The van der Waals surface area contributed by atoms with Crippen molar-refractivity contribution >= 4 is 0 Å². The van der Waals surface area contributed by atoms with E-state index in [1.807, 2.05) is 12.1 Å². The summed E-state index contributed by atoms with van der Waals surface area (Å²) in [5.41, 5.74) is 0.560. The van der Waals surface area contributed by atoms with Gasteiger partial charge in [0.05, 0.1) is 12.1 Å². The first-order valence-electron chi connectivity index (χ1n) is 2.76. The zero-order valence-corrected chi connectivity index (χ0v) is 5.22. The summed E-state index contributed by atoms with van der Waals surface area (Å²) in [4.78, 5) is 0. The SMILES string of the molecule is C=C(C#N)CCCC#N. The van der Waals surface area contributed by atoms with E-state index in [4.69, 9.17) is 10.5 Å². The van der Waals surface area contributed by atoms with E-state index in [2.05, 4.69) is 6.58 Å². The molecule has 0 aromatic rings. The Morgan fingerprint density at radius 3 is 2.56 bits per heavy atom. The second kappa shape index (κ2) is 4.87. The van der Waals surface area contributed by atoms with Crippen LogP contribution >= 0.6 is 0 Å². The van der Waals surface area contributed by atoms with Crippen LogP contribution in [0.4, 0.5) is 0 Å². The van der Waals surface area contributed by atoms with Crippen molar-refractivity contribution in [2.75, 3.05) is 0 Å². The molecule has 0 aromatic carbocycles. The van der Waals surface area contributed by atoms with Crippen LogP contribution in [0.5, 0.6) is 0 Å². The van der Waals surface area contributed by atoms with Gasteiger partial charge in [-0.15, -0.1) is 0 Å². The van der Waals surface area contributed by atoms with Gasteiger partial charge in [-0.2, -0.15) is 10.5 Å². The Morgan fingerprint density at radius 1 is 1.44 bits per heavy atom. The molecule has 0 heterocycles. The Labute approximate surface area is 55.0 Å². The van der Waals surface area contributed by atoms with E-state index >= 15 is 0 Å². The molecular weight excluding hydrogens is 112 g/mol. The summed E-state index contributed by atoms with van der Waals surface area (Å²) in [7, 11) is 0. The summed E-state index contributed by atoms with van der Waals surface area (Å²) in [5, 5.41) is 16.3. The highest BCUT2D eigenvalue weighted by molar-refractivity contribution is 5.15. The van der Waals surface area contributed by atoms with Gasteiger partial charge in [0.25, 0.3) is 0 Å². The van der Waals surface area contributed by atoms with Gasteiger partial charge in [0, 0.05) is 12.0 Å². The van der Waals surface area contributed by atoms with Crippen LogP contribution in [-0.4, -0.2) is 0 Å². The third-order valence-electron chi connectivity index (χ3n) is 0.925. The van der Waals surface area contributed by atoms with Crippen LogP contribution in [0.15, 0.2) is 12.2 Å². The Hall–Kier alpha value is -1.28. The van der Waals surface area contributed by atoms with Crippen molar-refractivity contribution in [1.82, 2.24) is 0 Å². The fourth-order valence-electron chi connectivity index (χ4n) is 0.437. The highest BCUT2D eigenvalue weighted by Crippen LogP contribution is 2.01. The minimum absolute atomic E-state index is 0.515. The molecule has 0 unspecified atom stereocenters. The smallest absolute Gasteiger partial charge is 0.0940 e. The molecule has 0 aromatic heterocycles. The van der Waals surface area contributed by atoms with E-state index in [-0.39, 0.29) is 0 Å². The standard InChI is InChI=1S/C7H8N2/c1-7(6-9)4-2-3-5-8/h1-4H2. The zero-order valence-electron chi connectivity index (χ0n) is 5.22. The molecule has 0 N–H and O–H groups in total. The third kappa shape index (κ3) is 4.58. The lowest BCUT2D eigenvalue weighted by Crippen LogP contribution is -1.75. The van der Waals surface area contributed by atoms with Crippen LogP contribution < -0.4 is 0 Å². The van der Waals surface area contributed by atoms with Crippen molar-refractivity contribution in [1.29, 1.82) is 10.5 Å². The van der Waals surface area contributed by atoms with Crippen LogP contribution in [-0.2, 0) is 0 Å². The molecule has 0 aliphatic heterocycles. The normalized spacial score (nSPS) is 7.33. The number of unbranched alkanes of at least 4 members (excludes halogenated alkanes) is 1. The average Bonchev–Trinajstić information content (AvgIpc) is 1.89. The second-order valence-corrected chi connectivity index (χ2v) is 1.73. The van der Waals surface area contributed by atoms with Crippen molar-refractivity contribution in [3.05, 3.63) is 12.2 Å². The van der Waals surface area contributed by atoms with Crippen molar-refractivity contribution in [2.24, 2.45) is 0 Å². The number of allylic oxidation sites excluding steroid dienone is 1. The van der Waals surface area contributed by atoms with Crippen molar-refractivity contribution in [2.45, 2.75) is 19.3 Å². The predicted octanol–water partition coefficient (Wildman–Crippen LogP) is 1.76. The highest BCUT2D eigenvalue weighted by Gasteiger charge is 1.89. The Morgan fingerprint density at radius 2 is 2.11 bits per heavy atom. The van der Waals surface area contributed by atoms with Gasteiger partial charge >= 0.3 is 0 Å². The van der Waals surface area contributed by atoms with E-state index in [9.17, 15) is 0 Å². The lowest BCUT2D eigenvalue weighted by atomic mass is 10.1. The first kappa shape index (κ1) is 7.72. The second-order valence-electron chi connectivity index (χ2n) is 1.73. The van der Waals surface area contributed by atoms with Crippen LogP contribution in [0.1, 0.15) is 19.3 Å². The van der Waals surface area contributed by atoms with Crippen molar-refractivity contribution < 1.29 is 0 Å². The Kier molecular flexibility index (Phi) is 4.18. The molecule has 0 fully saturated rings. The molecule has 2 nitrogen and oxygen atoms in total. The molecule has 2 heteroatoms. The van der Waals surface area contributed by atoms with Gasteiger partial charge in [-0.25, -0.2) is 0 Å². The van der Waals surface area contributed by atoms with Gasteiger partial charge in [0.1, 0.15) is 0 Å². The molecule has 0 atom stereocenters. The molecular formula is C7H8N2. The maximum atomic E-state index is 8.20. The topological polar surface area (TPSA) is 47.6 Å². The van der Waals surface area contributed by atoms with Gasteiger partial charge < -0.3 is 0 Å². The van der Waals surface area contributed by atoms with E-state index in [1.54, 1.807) is 0 Å². The van der Waals surface area contributed by atoms with Gasteiger partial charge in [-0.1, -0.05) is 6.58 Å². The van der Waals surface area contributed by atoms with Gasteiger partial charge in [-0.05, 0) is 12.8 Å². The zero-order chi connectivity index (χ0) is 7.11. The molecule has 0 aliphatic carbocycles. The molecule has 0 saturated heterocycles. The maximum absolute atomic E-state index is 8.20. The Bertz CT molecular complexity index is 168. The molecule has 0 saturated carbocycles. The summed E-state index contributed by atoms with van der Waals surface area (Å²) < 4.78 is 0. The first-order chi connectivity index (χ1) is 4.31. The lowest BCUT2D eigenvalue weighted by molar-refractivity contribution is 0.858. The largest absolute Gasteiger partial charge is 0.198 e. The predicted molar refractivity (Wildman–Crippen MR) is 34.2 cm³/mol. The average molecular weight is 120 g/mol. The van der Waals surface area contributed by atoms with Crippen molar-refractivity contribution in [3.63, 3.8) is 0 Å². The van der Waals surface area contributed by atoms with E-state index in [0.717, 1.165) is 6.42 Å². The van der Waals surface area contributed by atoms with Crippen LogP contribution in [0.25, 0.3) is 0 Å². The van der Waals surface area contributed by atoms with Crippen LogP contribution in [0.2, 0.25) is 0 Å². The highest BCUT2D eigenvalue weighted by atomic mass is 14.2. The first-order valence-corrected chi connectivity index (χ1v) is 2.76. The van der Waals surface area contributed by atoms with Gasteiger partial charge in [-0.3, -0.25) is 0 Å². The molecule has 0 amide bonds. The van der Waals surface area contributed by atoms with Gasteiger partial charge in [0.2, 0.25) is 0 Å². The summed E-state index contributed by atoms with van der Waals surface area (Å²) in [6.45, 7) is 3.47. The van der Waals surface area contributed by atoms with Gasteiger partial charge in [0.15, 0.2) is 0 Å². The summed E-state index contributed by atoms with van der Waals surface area (Å²) in [6, 6.07) is 3.92. The third-order valence-corrected chi connectivity index (χ3v) is 0.925. The molecule has 0 radical (unpaired) electrons. The van der Waals surface area contributed by atoms with E-state index < -0.39 is 0 Å². The van der Waals surface area contributed by atoms with E-state index in [1.165, 1.54) is 0 Å².